The van der Waals surface area contributed by atoms with E-state index in [1.165, 1.54) is 17.8 Å². The van der Waals surface area contributed by atoms with Gasteiger partial charge in [0, 0.05) is 6.08 Å². The molecule has 0 unspecified atom stereocenters. The van der Waals surface area contributed by atoms with Gasteiger partial charge < -0.3 is 14.5 Å². The number of nitrogens with one attached hydrogen (secondary N) is 1. The molecule has 0 atom stereocenters. The summed E-state index contributed by atoms with van der Waals surface area (Å²) in [4.78, 5) is 43.1. The van der Waals surface area contributed by atoms with Gasteiger partial charge in [0.05, 0.1) is 15.9 Å². The van der Waals surface area contributed by atoms with Gasteiger partial charge in [-0.05, 0) is 47.8 Å². The van der Waals surface area contributed by atoms with Crippen molar-refractivity contribution >= 4 is 57.7 Å². The number of thioether (sulfide) groups is 1. The van der Waals surface area contributed by atoms with Crippen LogP contribution in [0.3, 0.4) is 0 Å². The quantitative estimate of drug-likeness (QED) is 0.625. The summed E-state index contributed by atoms with van der Waals surface area (Å²) in [7, 11) is 0. The number of imide groups is 1. The normalized spacial score (nSPS) is 16.0. The Kier molecular flexibility index (Phi) is 4.50. The number of H-pyrrole nitrogens is 1. The van der Waals surface area contributed by atoms with Crippen molar-refractivity contribution < 1.29 is 23.9 Å². The van der Waals surface area contributed by atoms with E-state index in [2.05, 4.69) is 9.97 Å². The van der Waals surface area contributed by atoms with Crippen molar-refractivity contribution in [3.8, 4) is 0 Å². The van der Waals surface area contributed by atoms with E-state index in [1.54, 1.807) is 12.1 Å². The minimum atomic E-state index is -1.25. The molecule has 3 aromatic rings. The van der Waals surface area contributed by atoms with Gasteiger partial charge in [-0.1, -0.05) is 12.1 Å². The van der Waals surface area contributed by atoms with Crippen LogP contribution in [0.2, 0.25) is 0 Å². The molecule has 8 nitrogen and oxygen atoms in total. The van der Waals surface area contributed by atoms with Crippen molar-refractivity contribution in [2.24, 2.45) is 0 Å². The average Bonchev–Trinajstić information content (AvgIpc) is 3.30. The summed E-state index contributed by atoms with van der Waals surface area (Å²) < 4.78 is 5.66. The van der Waals surface area contributed by atoms with E-state index in [-0.39, 0.29) is 4.91 Å². The van der Waals surface area contributed by atoms with Crippen LogP contribution in [0.1, 0.15) is 5.76 Å². The standard InChI is InChI=1S/C17H11N3O5S2/c21-13(22)8-20-15(23)12(26-17(20)24)7-9-5-6-14(25-9)27-16-18-10-3-1-2-4-11(10)19-16/h1-7H,8H2,(H,18,19)(H,21,22). The number of rotatable bonds is 5. The molecule has 1 saturated heterocycles. The molecule has 0 saturated carbocycles. The first-order chi connectivity index (χ1) is 13.0. The number of aromatic nitrogens is 2. The van der Waals surface area contributed by atoms with Gasteiger partial charge >= 0.3 is 5.97 Å². The minimum Gasteiger partial charge on any atom is -0.480 e. The van der Waals surface area contributed by atoms with Gasteiger partial charge in [-0.3, -0.25) is 19.3 Å². The lowest BCUT2D eigenvalue weighted by Crippen LogP contribution is -2.33. The van der Waals surface area contributed by atoms with Crippen molar-refractivity contribution in [1.82, 2.24) is 14.9 Å². The van der Waals surface area contributed by atoms with Gasteiger partial charge in [-0.2, -0.15) is 0 Å². The highest BCUT2D eigenvalue weighted by Gasteiger charge is 2.36. The smallest absolute Gasteiger partial charge is 0.323 e. The minimum absolute atomic E-state index is 0.121. The van der Waals surface area contributed by atoms with Gasteiger partial charge in [-0.15, -0.1) is 0 Å². The molecule has 3 heterocycles. The maximum Gasteiger partial charge on any atom is 0.323 e. The SMILES string of the molecule is O=C(O)CN1C(=O)SC(=Cc2ccc(Sc3nc4ccccc4[nH]3)o2)C1=O. The van der Waals surface area contributed by atoms with Crippen LogP contribution in [0.5, 0.6) is 0 Å². The zero-order valence-electron chi connectivity index (χ0n) is 13.5. The van der Waals surface area contributed by atoms with Gasteiger partial charge in [-0.25, -0.2) is 4.98 Å². The summed E-state index contributed by atoms with van der Waals surface area (Å²) in [5, 5.41) is 9.39. The Balaban J connectivity index is 1.51. The van der Waals surface area contributed by atoms with Crippen LogP contribution >= 0.6 is 23.5 Å². The second-order valence-electron chi connectivity index (χ2n) is 5.48. The Bertz CT molecular complexity index is 1070. The fraction of sp³-hybridized carbons (Fsp3) is 0.0588. The topological polar surface area (TPSA) is 116 Å². The maximum absolute atomic E-state index is 12.1. The predicted octanol–water partition coefficient (Wildman–Crippen LogP) is 3.43. The molecule has 1 fully saturated rings. The number of imidazole rings is 1. The Morgan fingerprint density at radius 1 is 1.30 bits per heavy atom. The third kappa shape index (κ3) is 3.62. The lowest BCUT2D eigenvalue weighted by Gasteiger charge is -2.07. The van der Waals surface area contributed by atoms with Crippen LogP contribution in [0, 0.1) is 0 Å². The van der Waals surface area contributed by atoms with Crippen LogP contribution in [0.4, 0.5) is 4.79 Å². The largest absolute Gasteiger partial charge is 0.480 e. The first-order valence-electron chi connectivity index (χ1n) is 7.69. The number of carboxylic acid groups (broad SMARTS) is 1. The van der Waals surface area contributed by atoms with Crippen LogP contribution in [0.25, 0.3) is 17.1 Å². The van der Waals surface area contributed by atoms with E-state index in [4.69, 9.17) is 9.52 Å². The van der Waals surface area contributed by atoms with Gasteiger partial charge in [0.15, 0.2) is 10.2 Å². The van der Waals surface area contributed by atoms with Crippen molar-refractivity contribution in [3.63, 3.8) is 0 Å². The molecular weight excluding hydrogens is 390 g/mol. The number of aromatic amines is 1. The molecule has 2 amide bonds. The zero-order chi connectivity index (χ0) is 19.0. The third-order valence-corrected chi connectivity index (χ3v) is 5.32. The highest BCUT2D eigenvalue weighted by molar-refractivity contribution is 8.18. The van der Waals surface area contributed by atoms with E-state index in [0.717, 1.165) is 11.0 Å². The second-order valence-corrected chi connectivity index (χ2v) is 7.47. The number of carboxylic acids is 1. The fourth-order valence-electron chi connectivity index (χ4n) is 2.44. The first-order valence-corrected chi connectivity index (χ1v) is 9.32. The van der Waals surface area contributed by atoms with E-state index in [1.807, 2.05) is 24.3 Å². The summed E-state index contributed by atoms with van der Waals surface area (Å²) in [6, 6.07) is 11.0. The summed E-state index contributed by atoms with van der Waals surface area (Å²) in [5.41, 5.74) is 1.76. The molecule has 4 rings (SSSR count). The number of nitrogens with zero attached hydrogens (tertiary/aromatic N) is 2. The molecule has 136 valence electrons. The summed E-state index contributed by atoms with van der Waals surface area (Å²) in [6.45, 7) is -0.659. The molecule has 1 aliphatic rings. The van der Waals surface area contributed by atoms with Gasteiger partial charge in [0.25, 0.3) is 11.1 Å². The molecule has 1 aliphatic heterocycles. The fourth-order valence-corrected chi connectivity index (χ4v) is 4.03. The number of hydrogen-bond acceptors (Lipinski definition) is 7. The second kappa shape index (κ2) is 6.97. The van der Waals surface area contributed by atoms with Gasteiger partial charge in [0.2, 0.25) is 0 Å². The Labute approximate surface area is 160 Å². The molecule has 0 spiro atoms. The average molecular weight is 401 g/mol. The van der Waals surface area contributed by atoms with E-state index < -0.39 is 23.7 Å². The highest BCUT2D eigenvalue weighted by Crippen LogP contribution is 2.34. The Morgan fingerprint density at radius 2 is 2.11 bits per heavy atom. The maximum atomic E-state index is 12.1. The van der Waals surface area contributed by atoms with E-state index in [0.29, 0.717) is 32.7 Å². The van der Waals surface area contributed by atoms with Crippen molar-refractivity contribution in [2.45, 2.75) is 10.2 Å². The number of amides is 2. The molecule has 0 bridgehead atoms. The highest BCUT2D eigenvalue weighted by atomic mass is 32.2. The number of carbonyl (C=O) groups excluding carboxylic acids is 2. The van der Waals surface area contributed by atoms with Crippen LogP contribution in [-0.4, -0.2) is 43.6 Å². The molecule has 2 N–H and O–H groups in total. The molecule has 0 aliphatic carbocycles. The third-order valence-electron chi connectivity index (χ3n) is 3.61. The van der Waals surface area contributed by atoms with Crippen LogP contribution in [0.15, 0.2) is 56.0 Å². The molecule has 27 heavy (non-hydrogen) atoms. The molecule has 10 heteroatoms. The lowest BCUT2D eigenvalue weighted by molar-refractivity contribution is -0.140. The number of furan rings is 1. The number of carbonyl (C=O) groups is 3. The van der Waals surface area contributed by atoms with Crippen LogP contribution < -0.4 is 0 Å². The summed E-state index contributed by atoms with van der Waals surface area (Å²) in [5.74, 6) is -1.51. The number of benzene rings is 1. The molecule has 2 aromatic heterocycles. The number of hydrogen-bond donors (Lipinski definition) is 2. The Hall–Kier alpha value is -2.98. The number of para-hydroxylation sites is 2. The van der Waals surface area contributed by atoms with Crippen LogP contribution in [-0.2, 0) is 9.59 Å². The number of fused-ring (bicyclic) bond motifs is 1. The zero-order valence-corrected chi connectivity index (χ0v) is 15.2. The Morgan fingerprint density at radius 3 is 2.89 bits per heavy atom. The predicted molar refractivity (Wildman–Crippen MR) is 99.2 cm³/mol. The first kappa shape index (κ1) is 17.4. The summed E-state index contributed by atoms with van der Waals surface area (Å²) in [6.07, 6.45) is 1.43. The molecule has 0 radical (unpaired) electrons. The molecule has 1 aromatic carbocycles. The number of aliphatic carboxylic acids is 1. The van der Waals surface area contributed by atoms with Crippen molar-refractivity contribution in [1.29, 1.82) is 0 Å². The van der Waals surface area contributed by atoms with E-state index in [9.17, 15) is 14.4 Å². The van der Waals surface area contributed by atoms with Crippen molar-refractivity contribution in [2.75, 3.05) is 6.54 Å². The van der Waals surface area contributed by atoms with Gasteiger partial charge in [0.1, 0.15) is 12.3 Å². The molecular formula is C17H11N3O5S2. The monoisotopic (exact) mass is 401 g/mol. The van der Waals surface area contributed by atoms with E-state index >= 15 is 0 Å². The summed E-state index contributed by atoms with van der Waals surface area (Å²) >= 11 is 1.98. The lowest BCUT2D eigenvalue weighted by atomic mass is 10.3. The van der Waals surface area contributed by atoms with Crippen molar-refractivity contribution in [3.05, 3.63) is 47.1 Å².